The predicted molar refractivity (Wildman–Crippen MR) is 151 cm³/mol. The Hall–Kier alpha value is -3.67. The van der Waals surface area contributed by atoms with E-state index in [9.17, 15) is 27.1 Å². The lowest BCUT2D eigenvalue weighted by molar-refractivity contribution is -0.137. The number of nitrogens with two attached hydrogens (primary N) is 1. The molecule has 0 saturated carbocycles. The van der Waals surface area contributed by atoms with Crippen LogP contribution in [0.25, 0.3) is 11.3 Å². The van der Waals surface area contributed by atoms with Crippen molar-refractivity contribution >= 4 is 23.4 Å². The summed E-state index contributed by atoms with van der Waals surface area (Å²) in [7, 11) is 1.17. The summed E-state index contributed by atoms with van der Waals surface area (Å²) in [5.74, 6) is -3.04. The molecule has 3 atom stereocenters. The van der Waals surface area contributed by atoms with E-state index in [4.69, 9.17) is 37.1 Å². The summed E-state index contributed by atoms with van der Waals surface area (Å²) in [6.45, 7) is 2.99. The highest BCUT2D eigenvalue weighted by atomic mass is 35.5. The number of alkyl halides is 3. The minimum atomic E-state index is -4.80. The minimum absolute atomic E-state index is 0.0177. The Bertz CT molecular complexity index is 1470. The van der Waals surface area contributed by atoms with E-state index < -0.39 is 47.5 Å². The molecule has 0 aliphatic rings. The summed E-state index contributed by atoms with van der Waals surface area (Å²) < 4.78 is 82.1. The Balaban J connectivity index is 1.99. The van der Waals surface area contributed by atoms with Gasteiger partial charge in [0.15, 0.2) is 17.4 Å². The maximum atomic E-state index is 14.6. The number of ether oxygens (including phenoxy) is 2. The number of hydrogen-bond acceptors (Lipinski definition) is 10. The van der Waals surface area contributed by atoms with Crippen LogP contribution in [0.3, 0.4) is 0 Å². The molecule has 0 amide bonds. The number of methoxy groups -OCH3 is 1. The molecule has 0 saturated heterocycles. The van der Waals surface area contributed by atoms with E-state index >= 15 is 0 Å². The molecule has 0 bridgehead atoms. The first-order chi connectivity index (χ1) is 20.8. The molecule has 1 heterocycles. The largest absolute Gasteiger partial charge is 0.494 e. The van der Waals surface area contributed by atoms with Gasteiger partial charge in [0.25, 0.3) is 0 Å². The van der Waals surface area contributed by atoms with Gasteiger partial charge >= 0.3 is 6.18 Å². The average Bonchev–Trinajstić information content (AvgIpc) is 3.36. The third kappa shape index (κ3) is 8.49. The SMILES string of the molecule is CCONCC(N)OC(c1nc(C)nn1-c1cc(Cl)ccc1C(F)(F)F)[C@@H](O)CN/C=C(\C=N)c1ccc(OC)c(F)c1F. The van der Waals surface area contributed by atoms with Crippen LogP contribution in [0.4, 0.5) is 22.0 Å². The molecule has 6 N–H and O–H groups in total. The third-order valence-electron chi connectivity index (χ3n) is 6.01. The van der Waals surface area contributed by atoms with Crippen molar-refractivity contribution in [2.24, 2.45) is 5.73 Å². The molecule has 17 heteroatoms. The van der Waals surface area contributed by atoms with Gasteiger partial charge in [0.05, 0.1) is 31.5 Å². The summed E-state index contributed by atoms with van der Waals surface area (Å²) in [5, 5.41) is 25.6. The zero-order chi connectivity index (χ0) is 32.6. The molecule has 3 aromatic rings. The van der Waals surface area contributed by atoms with Crippen molar-refractivity contribution in [2.45, 2.75) is 38.5 Å². The number of aliphatic hydroxyl groups excluding tert-OH is 1. The van der Waals surface area contributed by atoms with Gasteiger partial charge in [0.2, 0.25) is 5.82 Å². The number of nitrogens with one attached hydrogen (secondary N) is 3. The number of benzene rings is 2. The van der Waals surface area contributed by atoms with Crippen LogP contribution in [-0.4, -0.2) is 65.2 Å². The zero-order valence-electron chi connectivity index (χ0n) is 23.8. The van der Waals surface area contributed by atoms with Crippen LogP contribution in [-0.2, 0) is 15.8 Å². The van der Waals surface area contributed by atoms with Gasteiger partial charge < -0.3 is 35.9 Å². The molecule has 11 nitrogen and oxygen atoms in total. The first kappa shape index (κ1) is 34.8. The van der Waals surface area contributed by atoms with Gasteiger partial charge in [0, 0.05) is 35.1 Å². The normalized spacial score (nSPS) is 14.3. The highest BCUT2D eigenvalue weighted by molar-refractivity contribution is 6.30. The quantitative estimate of drug-likeness (QED) is 0.0541. The van der Waals surface area contributed by atoms with Gasteiger partial charge in [-0.25, -0.2) is 14.1 Å². The second-order valence-electron chi connectivity index (χ2n) is 9.13. The van der Waals surface area contributed by atoms with E-state index in [1.54, 1.807) is 6.92 Å². The fraction of sp³-hybridized carbons (Fsp3) is 0.370. The molecule has 1 aromatic heterocycles. The number of aliphatic hydroxyl groups is 1. The van der Waals surface area contributed by atoms with Crippen molar-refractivity contribution in [1.82, 2.24) is 25.6 Å². The van der Waals surface area contributed by atoms with E-state index in [2.05, 4.69) is 20.9 Å². The Kier molecular flexibility index (Phi) is 12.2. The van der Waals surface area contributed by atoms with Gasteiger partial charge in [-0.05, 0) is 44.2 Å². The van der Waals surface area contributed by atoms with Crippen molar-refractivity contribution in [3.8, 4) is 11.4 Å². The Morgan fingerprint density at radius 1 is 1.20 bits per heavy atom. The number of nitrogens with zero attached hydrogens (tertiary/aromatic N) is 3. The molecule has 0 radical (unpaired) electrons. The lowest BCUT2D eigenvalue weighted by Gasteiger charge is -2.27. The molecule has 0 aliphatic heterocycles. The lowest BCUT2D eigenvalue weighted by Crippen LogP contribution is -2.42. The van der Waals surface area contributed by atoms with Crippen molar-refractivity contribution in [1.29, 1.82) is 5.41 Å². The second-order valence-corrected chi connectivity index (χ2v) is 9.56. The number of hydroxylamine groups is 1. The van der Waals surface area contributed by atoms with Gasteiger partial charge in [-0.15, -0.1) is 0 Å². The van der Waals surface area contributed by atoms with E-state index in [1.807, 2.05) is 0 Å². The number of halogens is 6. The third-order valence-corrected chi connectivity index (χ3v) is 6.24. The van der Waals surface area contributed by atoms with Crippen molar-refractivity contribution in [3.05, 3.63) is 76.0 Å². The number of hydrogen-bond donors (Lipinski definition) is 5. The van der Waals surface area contributed by atoms with Crippen LogP contribution < -0.4 is 21.3 Å². The van der Waals surface area contributed by atoms with Crippen LogP contribution in [0.5, 0.6) is 5.75 Å². The summed E-state index contributed by atoms with van der Waals surface area (Å²) >= 11 is 6.03. The van der Waals surface area contributed by atoms with Crippen molar-refractivity contribution in [3.63, 3.8) is 0 Å². The molecule has 44 heavy (non-hydrogen) atoms. The molecule has 2 unspecified atom stereocenters. The Labute approximate surface area is 254 Å². The molecule has 0 spiro atoms. The Morgan fingerprint density at radius 2 is 1.93 bits per heavy atom. The summed E-state index contributed by atoms with van der Waals surface area (Å²) in [6.07, 6.45) is -7.11. The number of aryl methyl sites for hydroxylation is 1. The molecule has 0 aliphatic carbocycles. The number of rotatable bonds is 15. The number of allylic oxidation sites excluding steroid dienone is 1. The smallest absolute Gasteiger partial charge is 0.418 e. The topological polar surface area (TPSA) is 153 Å². The highest BCUT2D eigenvalue weighted by Crippen LogP contribution is 2.36. The second kappa shape index (κ2) is 15.4. The van der Waals surface area contributed by atoms with Crippen molar-refractivity contribution in [2.75, 3.05) is 26.8 Å². The fourth-order valence-corrected chi connectivity index (χ4v) is 4.19. The highest BCUT2D eigenvalue weighted by Gasteiger charge is 2.37. The summed E-state index contributed by atoms with van der Waals surface area (Å²) in [6, 6.07) is 5.29. The minimum Gasteiger partial charge on any atom is -0.494 e. The molecule has 0 fully saturated rings. The monoisotopic (exact) mass is 647 g/mol. The maximum Gasteiger partial charge on any atom is 0.418 e. The standard InChI is InChI=1S/C27H31ClF5N7O4/c1-4-43-37-13-22(35)44-25(20(41)12-36-11-15(10-34)17-6-8-21(42-3)24(30)23(17)29)26-38-14(2)39-40(26)19-9-16(28)5-7-18(19)27(31,32)33/h5-11,20,22,25,34,36-37,41H,4,12-13,35H2,1-3H3/b15-11+,34-10?/t20-,22?,25?/m0/s1. The van der Waals surface area contributed by atoms with Crippen LogP contribution >= 0.6 is 11.6 Å². The number of aromatic nitrogens is 3. The van der Waals surface area contributed by atoms with Crippen LogP contribution in [0.2, 0.25) is 5.02 Å². The Morgan fingerprint density at radius 3 is 2.57 bits per heavy atom. The van der Waals surface area contributed by atoms with Gasteiger partial charge in [0.1, 0.15) is 24.3 Å². The lowest BCUT2D eigenvalue weighted by atomic mass is 10.1. The van der Waals surface area contributed by atoms with Crippen LogP contribution in [0, 0.1) is 24.0 Å². The van der Waals surface area contributed by atoms with Gasteiger partial charge in [-0.3, -0.25) is 0 Å². The molecular weight excluding hydrogens is 617 g/mol. The van der Waals surface area contributed by atoms with E-state index in [1.165, 1.54) is 26.2 Å². The zero-order valence-corrected chi connectivity index (χ0v) is 24.5. The van der Waals surface area contributed by atoms with Gasteiger partial charge in [-0.1, -0.05) is 11.6 Å². The maximum absolute atomic E-state index is 14.6. The molecular formula is C27H31ClF5N7O4. The van der Waals surface area contributed by atoms with E-state index in [0.717, 1.165) is 35.3 Å². The molecule has 3 rings (SSSR count). The van der Waals surface area contributed by atoms with Crippen LogP contribution in [0.1, 0.15) is 35.8 Å². The van der Waals surface area contributed by atoms with Gasteiger partial charge in [-0.2, -0.15) is 28.1 Å². The van der Waals surface area contributed by atoms with E-state index in [0.29, 0.717) is 6.61 Å². The average molecular weight is 648 g/mol. The predicted octanol–water partition coefficient (Wildman–Crippen LogP) is 4.06. The first-order valence-corrected chi connectivity index (χ1v) is 13.4. The van der Waals surface area contributed by atoms with E-state index in [-0.39, 0.29) is 46.6 Å². The molecule has 240 valence electrons. The van der Waals surface area contributed by atoms with Crippen LogP contribution in [0.15, 0.2) is 36.5 Å². The molecule has 2 aromatic carbocycles. The summed E-state index contributed by atoms with van der Waals surface area (Å²) in [4.78, 5) is 9.26. The van der Waals surface area contributed by atoms with Crippen molar-refractivity contribution < 1.29 is 41.4 Å². The summed E-state index contributed by atoms with van der Waals surface area (Å²) in [5.41, 5.74) is 6.69. The first-order valence-electron chi connectivity index (χ1n) is 13.0. The fourth-order valence-electron chi connectivity index (χ4n) is 4.02.